The van der Waals surface area contributed by atoms with E-state index in [1.807, 2.05) is 62.1 Å². The van der Waals surface area contributed by atoms with Crippen LogP contribution in [0.15, 0.2) is 60.7 Å². The van der Waals surface area contributed by atoms with E-state index in [4.69, 9.17) is 0 Å². The van der Waals surface area contributed by atoms with Crippen LogP contribution in [0.4, 0.5) is 5.82 Å². The molecule has 0 aliphatic carbocycles. The fraction of sp³-hybridized carbons (Fsp3) is 0.379. The molecule has 0 unspecified atom stereocenters. The van der Waals surface area contributed by atoms with Crippen LogP contribution in [-0.4, -0.2) is 70.6 Å². The normalized spacial score (nSPS) is 14.4. The van der Waals surface area contributed by atoms with Gasteiger partial charge in [-0.25, -0.2) is 0 Å². The average Bonchev–Trinajstić information content (AvgIpc) is 2.92. The van der Waals surface area contributed by atoms with Gasteiger partial charge in [0.1, 0.15) is 6.54 Å². The van der Waals surface area contributed by atoms with Crippen molar-refractivity contribution in [2.45, 2.75) is 40.2 Å². The Hall–Kier alpha value is -3.74. The van der Waals surface area contributed by atoms with E-state index < -0.39 is 0 Å². The van der Waals surface area contributed by atoms with Crippen LogP contribution in [0.25, 0.3) is 11.3 Å². The molecule has 0 N–H and O–H groups in total. The third-order valence-corrected chi connectivity index (χ3v) is 6.94. The Balaban J connectivity index is 1.35. The fourth-order valence-corrected chi connectivity index (χ4v) is 4.31. The number of nitrogens with zero attached hydrogens (tertiary/aromatic N) is 5. The Kier molecular flexibility index (Phi) is 7.98. The van der Waals surface area contributed by atoms with Crippen molar-refractivity contribution in [2.75, 3.05) is 37.6 Å². The number of rotatable bonds is 7. The zero-order valence-electron chi connectivity index (χ0n) is 21.6. The van der Waals surface area contributed by atoms with Crippen LogP contribution in [0.3, 0.4) is 0 Å². The quantitative estimate of drug-likeness (QED) is 0.498. The van der Waals surface area contributed by atoms with Crippen LogP contribution in [0, 0.1) is 13.8 Å². The summed E-state index contributed by atoms with van der Waals surface area (Å²) in [6.45, 7) is 10.7. The molecule has 4 rings (SSSR count). The molecule has 2 amide bonds. The maximum Gasteiger partial charge on any atom is 0.254 e. The van der Waals surface area contributed by atoms with Gasteiger partial charge < -0.3 is 14.7 Å². The van der Waals surface area contributed by atoms with Crippen molar-refractivity contribution in [1.82, 2.24) is 20.0 Å². The molecule has 0 spiro atoms. The van der Waals surface area contributed by atoms with Gasteiger partial charge in [0.2, 0.25) is 5.91 Å². The Labute approximate surface area is 213 Å². The zero-order chi connectivity index (χ0) is 25.7. The molecule has 0 saturated carbocycles. The highest BCUT2D eigenvalue weighted by Crippen LogP contribution is 2.20. The minimum atomic E-state index is -0.0970. The van der Waals surface area contributed by atoms with Crippen molar-refractivity contribution in [1.29, 1.82) is 0 Å². The summed E-state index contributed by atoms with van der Waals surface area (Å²) in [5, 5.41) is 8.85. The summed E-state index contributed by atoms with van der Waals surface area (Å²) in [7, 11) is 0. The van der Waals surface area contributed by atoms with Crippen LogP contribution in [0.5, 0.6) is 0 Å². The number of aromatic nitrogens is 2. The molecule has 7 nitrogen and oxygen atoms in total. The monoisotopic (exact) mass is 485 g/mol. The first-order chi connectivity index (χ1) is 17.4. The molecule has 1 saturated heterocycles. The van der Waals surface area contributed by atoms with Crippen molar-refractivity contribution in [3.63, 3.8) is 0 Å². The number of carbonyl (C=O) groups is 2. The zero-order valence-corrected chi connectivity index (χ0v) is 21.6. The maximum atomic E-state index is 13.2. The van der Waals surface area contributed by atoms with Crippen molar-refractivity contribution in [2.24, 2.45) is 0 Å². The molecule has 1 atom stereocenters. The molecule has 0 radical (unpaired) electrons. The summed E-state index contributed by atoms with van der Waals surface area (Å²) in [4.78, 5) is 32.1. The van der Waals surface area contributed by atoms with Gasteiger partial charge in [-0.3, -0.25) is 9.59 Å². The van der Waals surface area contributed by atoms with Gasteiger partial charge in [-0.1, -0.05) is 54.4 Å². The molecule has 188 valence electrons. The topological polar surface area (TPSA) is 69.6 Å². The second kappa shape index (κ2) is 11.3. The average molecular weight is 486 g/mol. The number of piperazine rings is 1. The Morgan fingerprint density at radius 1 is 0.861 bits per heavy atom. The Morgan fingerprint density at radius 2 is 1.47 bits per heavy atom. The minimum Gasteiger partial charge on any atom is -0.352 e. The number of amides is 2. The van der Waals surface area contributed by atoms with Gasteiger partial charge in [0.15, 0.2) is 5.82 Å². The van der Waals surface area contributed by atoms with Crippen LogP contribution in [0.2, 0.25) is 0 Å². The fourth-order valence-electron chi connectivity index (χ4n) is 4.31. The summed E-state index contributed by atoms with van der Waals surface area (Å²) >= 11 is 0. The van der Waals surface area contributed by atoms with Crippen molar-refractivity contribution < 1.29 is 9.59 Å². The maximum absolute atomic E-state index is 13.2. The lowest BCUT2D eigenvalue weighted by Crippen LogP contribution is -2.53. The number of benzene rings is 2. The van der Waals surface area contributed by atoms with E-state index in [1.54, 1.807) is 4.90 Å². The summed E-state index contributed by atoms with van der Waals surface area (Å²) in [5.74, 6) is 0.699. The molecule has 1 aliphatic heterocycles. The van der Waals surface area contributed by atoms with E-state index in [2.05, 4.69) is 46.3 Å². The molecule has 1 aromatic heterocycles. The molecule has 3 aromatic rings. The smallest absolute Gasteiger partial charge is 0.254 e. The van der Waals surface area contributed by atoms with E-state index in [0.29, 0.717) is 31.7 Å². The number of anilines is 1. The number of hydrogen-bond acceptors (Lipinski definition) is 5. The van der Waals surface area contributed by atoms with Crippen molar-refractivity contribution in [3.8, 4) is 11.3 Å². The van der Waals surface area contributed by atoms with Gasteiger partial charge in [0.25, 0.3) is 5.91 Å². The predicted octanol–water partition coefficient (Wildman–Crippen LogP) is 4.35. The van der Waals surface area contributed by atoms with Gasteiger partial charge in [0, 0.05) is 43.3 Å². The SMILES string of the molecule is CC[C@@H](C)N(CC(=O)N1CCN(c2ccc(-c3ccc(C)cc3)nn2)CC1)C(=O)c1ccc(C)cc1. The molecular weight excluding hydrogens is 450 g/mol. The third kappa shape index (κ3) is 5.90. The van der Waals surface area contributed by atoms with E-state index in [-0.39, 0.29) is 24.4 Å². The number of aryl methyl sites for hydroxylation is 2. The molecular formula is C29H35N5O2. The second-order valence-corrected chi connectivity index (χ2v) is 9.57. The lowest BCUT2D eigenvalue weighted by molar-refractivity contribution is -0.132. The lowest BCUT2D eigenvalue weighted by atomic mass is 10.1. The van der Waals surface area contributed by atoms with Crippen LogP contribution in [-0.2, 0) is 4.79 Å². The molecule has 2 aromatic carbocycles. The van der Waals surface area contributed by atoms with Gasteiger partial charge in [0.05, 0.1) is 5.69 Å². The highest BCUT2D eigenvalue weighted by atomic mass is 16.2. The first-order valence-corrected chi connectivity index (χ1v) is 12.7. The molecule has 0 bridgehead atoms. The van der Waals surface area contributed by atoms with Crippen molar-refractivity contribution >= 4 is 17.6 Å². The van der Waals surface area contributed by atoms with E-state index in [1.165, 1.54) is 5.56 Å². The minimum absolute atomic E-state index is 0.0174. The standard InChI is InChI=1S/C29H35N5O2/c1-5-23(4)34(29(36)25-12-8-22(3)9-13-25)20-28(35)33-18-16-32(17-19-33)27-15-14-26(30-31-27)24-10-6-21(2)7-11-24/h6-15,23H,5,16-20H2,1-4H3/t23-/m1/s1. The molecule has 2 heterocycles. The first kappa shape index (κ1) is 25.4. The second-order valence-electron chi connectivity index (χ2n) is 9.57. The largest absolute Gasteiger partial charge is 0.352 e. The van der Waals surface area contributed by atoms with Crippen LogP contribution >= 0.6 is 0 Å². The van der Waals surface area contributed by atoms with Gasteiger partial charge >= 0.3 is 0 Å². The van der Waals surface area contributed by atoms with E-state index in [0.717, 1.165) is 29.1 Å². The Bertz CT molecular complexity index is 1170. The number of carbonyl (C=O) groups excluding carboxylic acids is 2. The van der Waals surface area contributed by atoms with E-state index in [9.17, 15) is 9.59 Å². The van der Waals surface area contributed by atoms with E-state index >= 15 is 0 Å². The van der Waals surface area contributed by atoms with Gasteiger partial charge in [-0.2, -0.15) is 0 Å². The molecule has 1 aliphatic rings. The van der Waals surface area contributed by atoms with Gasteiger partial charge in [-0.15, -0.1) is 10.2 Å². The lowest BCUT2D eigenvalue weighted by Gasteiger charge is -2.37. The van der Waals surface area contributed by atoms with Crippen LogP contribution in [0.1, 0.15) is 41.8 Å². The predicted molar refractivity (Wildman–Crippen MR) is 143 cm³/mol. The van der Waals surface area contributed by atoms with Crippen molar-refractivity contribution in [3.05, 3.63) is 77.4 Å². The highest BCUT2D eigenvalue weighted by molar-refractivity contribution is 5.96. The summed E-state index contributed by atoms with van der Waals surface area (Å²) in [6, 6.07) is 19.7. The third-order valence-electron chi connectivity index (χ3n) is 6.94. The first-order valence-electron chi connectivity index (χ1n) is 12.7. The number of hydrogen-bond donors (Lipinski definition) is 0. The summed E-state index contributed by atoms with van der Waals surface area (Å²) in [6.07, 6.45) is 0.788. The van der Waals surface area contributed by atoms with Gasteiger partial charge in [-0.05, 0) is 51.5 Å². The summed E-state index contributed by atoms with van der Waals surface area (Å²) in [5.41, 5.74) is 4.82. The Morgan fingerprint density at radius 3 is 2.03 bits per heavy atom. The van der Waals surface area contributed by atoms with Crippen LogP contribution < -0.4 is 4.90 Å². The molecule has 36 heavy (non-hydrogen) atoms. The summed E-state index contributed by atoms with van der Waals surface area (Å²) < 4.78 is 0. The molecule has 1 fully saturated rings. The highest BCUT2D eigenvalue weighted by Gasteiger charge is 2.28. The molecule has 7 heteroatoms.